The average molecular weight is 563 g/mol. The van der Waals surface area contributed by atoms with Crippen LogP contribution in [0.3, 0.4) is 0 Å². The van der Waals surface area contributed by atoms with Crippen LogP contribution in [0.5, 0.6) is 0 Å². The summed E-state index contributed by atoms with van der Waals surface area (Å²) in [5.41, 5.74) is 9.86. The third-order valence-electron chi connectivity index (χ3n) is 6.47. The number of aryl methyl sites for hydroxylation is 4. The van der Waals surface area contributed by atoms with Gasteiger partial charge in [0.15, 0.2) is 0 Å². The predicted octanol–water partition coefficient (Wildman–Crippen LogP) is 6.02. The first-order chi connectivity index (χ1) is 18.5. The van der Waals surface area contributed by atoms with Crippen LogP contribution in [0.4, 0.5) is 5.69 Å². The number of para-hydroxylation sites is 1. The Labute approximate surface area is 234 Å². The topological polar surface area (TPSA) is 83.8 Å². The largest absolute Gasteiger partial charge is 0.318 e. The molecule has 7 nitrogen and oxygen atoms in total. The molecule has 0 fully saturated rings. The molecule has 0 radical (unpaired) electrons. The normalized spacial score (nSPS) is 11.6. The zero-order valence-electron chi connectivity index (χ0n) is 22.6. The van der Waals surface area contributed by atoms with Crippen molar-refractivity contribution in [1.82, 2.24) is 9.99 Å². The van der Waals surface area contributed by atoms with Crippen LogP contribution in [0.2, 0.25) is 5.02 Å². The van der Waals surface area contributed by atoms with Gasteiger partial charge in [-0.1, -0.05) is 59.1 Å². The van der Waals surface area contributed by atoms with E-state index in [1.54, 1.807) is 42.6 Å². The molecule has 202 valence electrons. The van der Waals surface area contributed by atoms with Gasteiger partial charge in [-0.3, -0.25) is 9.10 Å². The van der Waals surface area contributed by atoms with E-state index in [0.717, 1.165) is 38.1 Å². The summed E-state index contributed by atoms with van der Waals surface area (Å²) in [6.45, 7) is 9.50. The van der Waals surface area contributed by atoms with E-state index >= 15 is 0 Å². The Bertz CT molecular complexity index is 1660. The molecule has 1 aromatic heterocycles. The van der Waals surface area contributed by atoms with E-state index < -0.39 is 22.5 Å². The van der Waals surface area contributed by atoms with E-state index in [1.165, 1.54) is 17.7 Å². The smallest absolute Gasteiger partial charge is 0.264 e. The summed E-state index contributed by atoms with van der Waals surface area (Å²) in [6, 6.07) is 21.2. The zero-order valence-corrected chi connectivity index (χ0v) is 24.1. The van der Waals surface area contributed by atoms with Crippen LogP contribution in [-0.4, -0.2) is 31.7 Å². The molecule has 0 atom stereocenters. The van der Waals surface area contributed by atoms with Crippen molar-refractivity contribution in [3.05, 3.63) is 111 Å². The number of nitrogens with one attached hydrogen (secondary N) is 1. The maximum atomic E-state index is 13.5. The van der Waals surface area contributed by atoms with Gasteiger partial charge in [-0.2, -0.15) is 5.10 Å². The average Bonchev–Trinajstić information content (AvgIpc) is 3.16. The van der Waals surface area contributed by atoms with Crippen LogP contribution < -0.4 is 9.73 Å². The van der Waals surface area contributed by atoms with Gasteiger partial charge < -0.3 is 4.57 Å². The molecule has 0 bridgehead atoms. The van der Waals surface area contributed by atoms with Gasteiger partial charge in [0.25, 0.3) is 15.9 Å². The lowest BCUT2D eigenvalue weighted by atomic mass is 10.1. The predicted molar refractivity (Wildman–Crippen MR) is 158 cm³/mol. The molecule has 0 saturated carbocycles. The van der Waals surface area contributed by atoms with Crippen molar-refractivity contribution in [2.45, 2.75) is 39.5 Å². The van der Waals surface area contributed by atoms with Gasteiger partial charge >= 0.3 is 0 Å². The quantitative estimate of drug-likeness (QED) is 0.210. The molecule has 0 aliphatic carbocycles. The van der Waals surface area contributed by atoms with Crippen molar-refractivity contribution in [3.63, 3.8) is 0 Å². The number of anilines is 1. The Hall–Kier alpha value is -3.88. The number of nitrogens with zero attached hydrogens (tertiary/aromatic N) is 3. The van der Waals surface area contributed by atoms with Crippen LogP contribution in [-0.2, 0) is 14.8 Å². The number of carbonyl (C=O) groups is 1. The van der Waals surface area contributed by atoms with Gasteiger partial charge in [0.2, 0.25) is 0 Å². The van der Waals surface area contributed by atoms with Crippen molar-refractivity contribution in [2.75, 3.05) is 10.8 Å². The van der Waals surface area contributed by atoms with E-state index in [2.05, 4.69) is 47.1 Å². The highest BCUT2D eigenvalue weighted by atomic mass is 35.5. The SMILES string of the molecule is Cc1ccc(S(=O)(=O)N(CC(=O)N/N=C\c2cc(C)n(-c3ccc(C)cc3C)c2C)c2ccccc2Cl)cc1. The minimum absolute atomic E-state index is 0.0585. The third-order valence-corrected chi connectivity index (χ3v) is 8.57. The molecule has 39 heavy (non-hydrogen) atoms. The minimum Gasteiger partial charge on any atom is -0.318 e. The van der Waals surface area contributed by atoms with Gasteiger partial charge in [-0.05, 0) is 76.6 Å². The van der Waals surface area contributed by atoms with Crippen LogP contribution in [0, 0.1) is 34.6 Å². The van der Waals surface area contributed by atoms with Crippen LogP contribution in [0.15, 0.2) is 82.8 Å². The number of rotatable bonds is 8. The lowest BCUT2D eigenvalue weighted by Gasteiger charge is -2.24. The van der Waals surface area contributed by atoms with Crippen molar-refractivity contribution < 1.29 is 13.2 Å². The van der Waals surface area contributed by atoms with Crippen molar-refractivity contribution in [2.24, 2.45) is 5.10 Å². The monoisotopic (exact) mass is 562 g/mol. The number of benzene rings is 3. The number of hydrogen-bond donors (Lipinski definition) is 1. The fourth-order valence-corrected chi connectivity index (χ4v) is 6.20. The molecule has 1 heterocycles. The summed E-state index contributed by atoms with van der Waals surface area (Å²) in [4.78, 5) is 13.0. The number of sulfonamides is 1. The molecule has 0 aliphatic rings. The summed E-state index contributed by atoms with van der Waals surface area (Å²) >= 11 is 6.34. The number of aromatic nitrogens is 1. The van der Waals surface area contributed by atoms with Crippen molar-refractivity contribution in [3.8, 4) is 5.69 Å². The fourth-order valence-electron chi connectivity index (χ4n) is 4.48. The Kier molecular flexibility index (Phi) is 8.28. The summed E-state index contributed by atoms with van der Waals surface area (Å²) in [7, 11) is -4.08. The summed E-state index contributed by atoms with van der Waals surface area (Å²) in [6.07, 6.45) is 1.56. The molecule has 1 amide bonds. The second-order valence-corrected chi connectivity index (χ2v) is 11.8. The first-order valence-electron chi connectivity index (χ1n) is 12.4. The number of hydrogen-bond acceptors (Lipinski definition) is 4. The summed E-state index contributed by atoms with van der Waals surface area (Å²) < 4.78 is 30.2. The Morgan fingerprint density at radius 2 is 1.62 bits per heavy atom. The fraction of sp³-hybridized carbons (Fsp3) is 0.200. The molecule has 0 aliphatic heterocycles. The molecule has 0 saturated heterocycles. The molecular weight excluding hydrogens is 532 g/mol. The van der Waals surface area contributed by atoms with E-state index in [0.29, 0.717) is 0 Å². The second kappa shape index (κ2) is 11.5. The molecule has 0 unspecified atom stereocenters. The van der Waals surface area contributed by atoms with E-state index in [4.69, 9.17) is 11.6 Å². The number of carbonyl (C=O) groups excluding carboxylic acids is 1. The molecule has 0 spiro atoms. The van der Waals surface area contributed by atoms with E-state index in [-0.39, 0.29) is 15.6 Å². The maximum Gasteiger partial charge on any atom is 0.264 e. The maximum absolute atomic E-state index is 13.5. The van der Waals surface area contributed by atoms with E-state index in [9.17, 15) is 13.2 Å². The Morgan fingerprint density at radius 3 is 2.28 bits per heavy atom. The van der Waals surface area contributed by atoms with Crippen LogP contribution in [0.25, 0.3) is 5.69 Å². The van der Waals surface area contributed by atoms with Crippen LogP contribution in [0.1, 0.15) is 33.6 Å². The lowest BCUT2D eigenvalue weighted by molar-refractivity contribution is -0.119. The Balaban J connectivity index is 1.57. The number of amides is 1. The second-order valence-electron chi connectivity index (χ2n) is 9.52. The highest BCUT2D eigenvalue weighted by Crippen LogP contribution is 2.30. The first kappa shape index (κ1) is 28.1. The molecule has 3 aromatic carbocycles. The molecule has 4 aromatic rings. The zero-order chi connectivity index (χ0) is 28.3. The van der Waals surface area contributed by atoms with Crippen LogP contribution >= 0.6 is 11.6 Å². The molecule has 1 N–H and O–H groups in total. The van der Waals surface area contributed by atoms with Gasteiger partial charge in [0.1, 0.15) is 6.54 Å². The summed E-state index contributed by atoms with van der Waals surface area (Å²) in [5.74, 6) is -0.606. The van der Waals surface area contributed by atoms with Gasteiger partial charge in [-0.25, -0.2) is 13.8 Å². The third kappa shape index (κ3) is 6.08. The highest BCUT2D eigenvalue weighted by Gasteiger charge is 2.28. The first-order valence-corrected chi connectivity index (χ1v) is 14.2. The number of hydrazone groups is 1. The summed E-state index contributed by atoms with van der Waals surface area (Å²) in [5, 5.41) is 4.34. The lowest BCUT2D eigenvalue weighted by Crippen LogP contribution is -2.39. The molecular formula is C30H31ClN4O3S. The van der Waals surface area contributed by atoms with Crippen molar-refractivity contribution >= 4 is 39.4 Å². The van der Waals surface area contributed by atoms with Crippen molar-refractivity contribution in [1.29, 1.82) is 0 Å². The molecule has 9 heteroatoms. The van der Waals surface area contributed by atoms with Gasteiger partial charge in [-0.15, -0.1) is 0 Å². The standard InChI is InChI=1S/C30H31ClN4O3S/c1-20-10-13-26(14-11-20)39(37,38)34(29-9-7-6-8-27(29)31)19-30(36)33-32-18-25-17-23(4)35(24(25)5)28-15-12-21(2)16-22(28)3/h6-18H,19H2,1-5H3,(H,33,36)/b32-18-. The molecule has 4 rings (SSSR count). The van der Waals surface area contributed by atoms with Gasteiger partial charge in [0.05, 0.1) is 21.8 Å². The number of halogens is 1. The Morgan fingerprint density at radius 1 is 0.949 bits per heavy atom. The van der Waals surface area contributed by atoms with E-state index in [1.807, 2.05) is 26.8 Å². The highest BCUT2D eigenvalue weighted by molar-refractivity contribution is 7.92. The minimum atomic E-state index is -4.08. The van der Waals surface area contributed by atoms with Gasteiger partial charge in [0, 0.05) is 22.6 Å².